The number of allylic oxidation sites excluding steroid dienone is 1. The third-order valence-electron chi connectivity index (χ3n) is 5.34. The lowest BCUT2D eigenvalue weighted by Gasteiger charge is -2.39. The fraction of sp³-hybridized carbons (Fsp3) is 0.333. The van der Waals surface area contributed by atoms with Gasteiger partial charge in [-0.2, -0.15) is 0 Å². The van der Waals surface area contributed by atoms with Crippen LogP contribution in [0.5, 0.6) is 0 Å². The highest BCUT2D eigenvalue weighted by atomic mass is 16.5. The van der Waals surface area contributed by atoms with E-state index < -0.39 is 18.2 Å². The summed E-state index contributed by atoms with van der Waals surface area (Å²) in [6.07, 6.45) is 2.78. The van der Waals surface area contributed by atoms with Crippen LogP contribution in [0.1, 0.15) is 24.2 Å². The molecule has 3 aliphatic heterocycles. The van der Waals surface area contributed by atoms with Crippen LogP contribution in [-0.4, -0.2) is 71.0 Å². The predicted molar refractivity (Wildman–Crippen MR) is 111 cm³/mol. The first kappa shape index (κ1) is 19.7. The van der Waals surface area contributed by atoms with Crippen molar-refractivity contribution in [2.45, 2.75) is 26.1 Å². The molecule has 2 unspecified atom stereocenters. The zero-order valence-electron chi connectivity index (χ0n) is 17.1. The lowest BCUT2D eigenvalue weighted by Crippen LogP contribution is -2.64. The summed E-state index contributed by atoms with van der Waals surface area (Å²) >= 11 is 0. The molecular formula is C21H23N5O4. The van der Waals surface area contributed by atoms with Crippen molar-refractivity contribution < 1.29 is 19.1 Å². The number of nitrogens with zero attached hydrogens (tertiary/aromatic N) is 5. The van der Waals surface area contributed by atoms with Gasteiger partial charge in [0, 0.05) is 31.2 Å². The first-order valence-corrected chi connectivity index (χ1v) is 9.70. The first-order chi connectivity index (χ1) is 14.4. The second-order valence-corrected chi connectivity index (χ2v) is 7.20. The van der Waals surface area contributed by atoms with E-state index in [0.29, 0.717) is 18.1 Å². The number of aliphatic imine (C=N–C) groups is 1. The number of carbonyl (C=O) groups excluding carboxylic acids is 3. The zero-order chi connectivity index (χ0) is 21.6. The summed E-state index contributed by atoms with van der Waals surface area (Å²) in [6.45, 7) is 7.77. The molecule has 0 N–H and O–H groups in total. The number of ether oxygens (including phenoxy) is 1. The van der Waals surface area contributed by atoms with Gasteiger partial charge in [-0.15, -0.1) is 6.58 Å². The number of hydrogen-bond donors (Lipinski definition) is 0. The van der Waals surface area contributed by atoms with Gasteiger partial charge < -0.3 is 14.5 Å². The minimum Gasteiger partial charge on any atom is -0.462 e. The predicted octanol–water partition coefficient (Wildman–Crippen LogP) is 1.99. The maximum Gasteiger partial charge on any atom is 0.338 e. The Morgan fingerprint density at radius 1 is 1.27 bits per heavy atom. The highest BCUT2D eigenvalue weighted by molar-refractivity contribution is 6.10. The van der Waals surface area contributed by atoms with Crippen LogP contribution in [0.3, 0.4) is 0 Å². The van der Waals surface area contributed by atoms with Crippen molar-refractivity contribution in [1.82, 2.24) is 14.7 Å². The van der Waals surface area contributed by atoms with Crippen molar-refractivity contribution >= 4 is 29.6 Å². The van der Waals surface area contributed by atoms with Crippen molar-refractivity contribution in [2.75, 3.05) is 25.1 Å². The van der Waals surface area contributed by atoms with Crippen LogP contribution in [0.2, 0.25) is 0 Å². The number of esters is 1. The molecule has 3 amide bonds. The summed E-state index contributed by atoms with van der Waals surface area (Å²) in [7, 11) is 1.64. The SMILES string of the molecule is C=CCN1C(=O)C2C(N=C3N(c4ccc(C(=O)OCC)cc4)C(C)=CN32)N(C)C1=O. The molecule has 30 heavy (non-hydrogen) atoms. The minimum atomic E-state index is -0.624. The number of guanidine groups is 1. The number of amides is 3. The molecule has 1 fully saturated rings. The number of fused-ring (bicyclic) bond motifs is 3. The van der Waals surface area contributed by atoms with Gasteiger partial charge in [0.25, 0.3) is 5.91 Å². The largest absolute Gasteiger partial charge is 0.462 e. The zero-order valence-corrected chi connectivity index (χ0v) is 17.1. The van der Waals surface area contributed by atoms with Gasteiger partial charge in [0.05, 0.1) is 12.2 Å². The van der Waals surface area contributed by atoms with Crippen LogP contribution in [0, 0.1) is 0 Å². The van der Waals surface area contributed by atoms with Crippen molar-refractivity contribution in [1.29, 1.82) is 0 Å². The van der Waals surface area contributed by atoms with Gasteiger partial charge in [-0.3, -0.25) is 14.6 Å². The molecule has 1 aromatic rings. The summed E-state index contributed by atoms with van der Waals surface area (Å²) < 4.78 is 5.03. The summed E-state index contributed by atoms with van der Waals surface area (Å²) in [4.78, 5) is 48.6. The van der Waals surface area contributed by atoms with Crippen LogP contribution in [0.15, 0.2) is 53.8 Å². The second-order valence-electron chi connectivity index (χ2n) is 7.20. The standard InChI is InChI=1S/C21H23N5O4/c1-5-11-24-18(27)16-17(23(4)21(24)29)22-20-25(16)12-13(3)26(20)15-9-7-14(8-10-15)19(28)30-6-2/h5,7-10,12,16-17H,1,6,11H2,2-4H3. The molecule has 0 saturated carbocycles. The summed E-state index contributed by atoms with van der Waals surface area (Å²) in [5.74, 6) is -0.109. The molecule has 9 nitrogen and oxygen atoms in total. The number of benzene rings is 1. The Labute approximate surface area is 174 Å². The maximum atomic E-state index is 13.0. The van der Waals surface area contributed by atoms with Crippen molar-refractivity contribution in [3.63, 3.8) is 0 Å². The van der Waals surface area contributed by atoms with E-state index in [-0.39, 0.29) is 18.4 Å². The quantitative estimate of drug-likeness (QED) is 0.546. The van der Waals surface area contributed by atoms with Gasteiger partial charge in [0.2, 0.25) is 5.96 Å². The van der Waals surface area contributed by atoms with Crippen molar-refractivity contribution in [3.8, 4) is 0 Å². The number of rotatable bonds is 5. The van der Waals surface area contributed by atoms with Crippen LogP contribution >= 0.6 is 0 Å². The number of likely N-dealkylation sites (N-methyl/N-ethyl adjacent to an activating group) is 1. The lowest BCUT2D eigenvalue weighted by molar-refractivity contribution is -0.136. The number of anilines is 1. The number of carbonyl (C=O) groups is 3. The van der Waals surface area contributed by atoms with Crippen LogP contribution < -0.4 is 4.90 Å². The smallest absolute Gasteiger partial charge is 0.338 e. The molecule has 1 aromatic carbocycles. The third-order valence-corrected chi connectivity index (χ3v) is 5.34. The van der Waals surface area contributed by atoms with Gasteiger partial charge >= 0.3 is 12.0 Å². The summed E-state index contributed by atoms with van der Waals surface area (Å²) in [6, 6.07) is 5.98. The van der Waals surface area contributed by atoms with E-state index in [9.17, 15) is 14.4 Å². The number of urea groups is 1. The van der Waals surface area contributed by atoms with Crippen LogP contribution in [0.25, 0.3) is 0 Å². The summed E-state index contributed by atoms with van der Waals surface area (Å²) in [5, 5.41) is 0. The van der Waals surface area contributed by atoms with Gasteiger partial charge in [0.1, 0.15) is 0 Å². The number of hydrogen-bond acceptors (Lipinski definition) is 7. The van der Waals surface area contributed by atoms with E-state index >= 15 is 0 Å². The van der Waals surface area contributed by atoms with Gasteiger partial charge in [0.15, 0.2) is 12.2 Å². The Kier molecular flexibility index (Phi) is 4.81. The molecule has 3 heterocycles. The third kappa shape index (κ3) is 2.85. The molecule has 2 atom stereocenters. The van der Waals surface area contributed by atoms with Gasteiger partial charge in [-0.1, -0.05) is 6.08 Å². The highest BCUT2D eigenvalue weighted by Crippen LogP contribution is 2.36. The molecule has 9 heteroatoms. The molecule has 0 aromatic heterocycles. The maximum absolute atomic E-state index is 13.0. The summed E-state index contributed by atoms with van der Waals surface area (Å²) in [5.41, 5.74) is 2.13. The molecule has 0 bridgehead atoms. The average molecular weight is 409 g/mol. The highest BCUT2D eigenvalue weighted by Gasteiger charge is 2.54. The van der Waals surface area contributed by atoms with E-state index in [1.807, 2.05) is 18.0 Å². The van der Waals surface area contributed by atoms with E-state index in [0.717, 1.165) is 11.4 Å². The van der Waals surface area contributed by atoms with E-state index in [1.54, 1.807) is 43.1 Å². The van der Waals surface area contributed by atoms with Crippen LogP contribution in [-0.2, 0) is 9.53 Å². The molecule has 0 spiro atoms. The second kappa shape index (κ2) is 7.33. The first-order valence-electron chi connectivity index (χ1n) is 9.70. The molecule has 4 rings (SSSR count). The fourth-order valence-corrected chi connectivity index (χ4v) is 3.93. The minimum absolute atomic E-state index is 0.149. The van der Waals surface area contributed by atoms with Gasteiger partial charge in [-0.25, -0.2) is 14.6 Å². The Morgan fingerprint density at radius 3 is 2.60 bits per heavy atom. The molecule has 0 radical (unpaired) electrons. The molecule has 0 aliphatic carbocycles. The Morgan fingerprint density at radius 2 is 1.97 bits per heavy atom. The number of imide groups is 1. The molecule has 3 aliphatic rings. The Hall–Kier alpha value is -3.62. The van der Waals surface area contributed by atoms with Crippen molar-refractivity contribution in [2.24, 2.45) is 4.99 Å². The molecule has 156 valence electrons. The average Bonchev–Trinajstić information content (AvgIpc) is 3.24. The lowest BCUT2D eigenvalue weighted by atomic mass is 10.1. The van der Waals surface area contributed by atoms with Gasteiger partial charge in [-0.05, 0) is 38.1 Å². The normalized spacial score (nSPS) is 22.6. The topological polar surface area (TPSA) is 85.8 Å². The van der Waals surface area contributed by atoms with E-state index in [4.69, 9.17) is 9.73 Å². The molecule has 1 saturated heterocycles. The van der Waals surface area contributed by atoms with E-state index in [2.05, 4.69) is 6.58 Å². The Bertz CT molecular complexity index is 984. The van der Waals surface area contributed by atoms with Crippen LogP contribution in [0.4, 0.5) is 10.5 Å². The van der Waals surface area contributed by atoms with Crippen molar-refractivity contribution in [3.05, 3.63) is 54.4 Å². The fourth-order valence-electron chi connectivity index (χ4n) is 3.93. The van der Waals surface area contributed by atoms with E-state index in [1.165, 1.54) is 15.9 Å². The molecular weight excluding hydrogens is 386 g/mol. The monoisotopic (exact) mass is 409 g/mol. The Balaban J connectivity index is 1.65.